The maximum atomic E-state index is 12.8. The van der Waals surface area contributed by atoms with Crippen LogP contribution in [0.15, 0.2) is 18.5 Å². The zero-order valence-corrected chi connectivity index (χ0v) is 8.37. The molecule has 0 aliphatic heterocycles. The van der Waals surface area contributed by atoms with Gasteiger partial charge in [0, 0.05) is 18.3 Å². The number of rotatable bonds is 4. The first-order valence-corrected chi connectivity index (χ1v) is 4.61. The molecule has 0 spiro atoms. The second-order valence-electron chi connectivity index (χ2n) is 3.41. The van der Waals surface area contributed by atoms with E-state index in [2.05, 4.69) is 10.3 Å². The predicted octanol–water partition coefficient (Wildman–Crippen LogP) is 1.25. The quantitative estimate of drug-likeness (QED) is 0.765. The van der Waals surface area contributed by atoms with Gasteiger partial charge in [0.15, 0.2) is 0 Å². The van der Waals surface area contributed by atoms with Gasteiger partial charge < -0.3 is 10.4 Å². The molecule has 0 radical (unpaired) electrons. The lowest BCUT2D eigenvalue weighted by atomic mass is 10.1. The molecule has 1 aromatic rings. The molecule has 78 valence electrons. The van der Waals surface area contributed by atoms with Crippen LogP contribution >= 0.6 is 0 Å². The second kappa shape index (κ2) is 5.02. The number of pyridine rings is 1. The number of hydrogen-bond acceptors (Lipinski definition) is 3. The molecule has 0 aliphatic rings. The minimum Gasteiger partial charge on any atom is -0.395 e. The van der Waals surface area contributed by atoms with Crippen molar-refractivity contribution in [2.45, 2.75) is 25.9 Å². The zero-order valence-electron chi connectivity index (χ0n) is 8.37. The highest BCUT2D eigenvalue weighted by atomic mass is 19.1. The lowest BCUT2D eigenvalue weighted by Crippen LogP contribution is -2.31. The Hall–Kier alpha value is -1.00. The van der Waals surface area contributed by atoms with E-state index < -0.39 is 0 Å². The Labute approximate surface area is 83.0 Å². The summed E-state index contributed by atoms with van der Waals surface area (Å²) in [6.07, 6.45) is 2.79. The van der Waals surface area contributed by atoms with E-state index in [1.165, 1.54) is 12.3 Å². The lowest BCUT2D eigenvalue weighted by molar-refractivity contribution is 0.243. The molecule has 0 fully saturated rings. The van der Waals surface area contributed by atoms with Gasteiger partial charge in [-0.3, -0.25) is 4.98 Å². The van der Waals surface area contributed by atoms with Gasteiger partial charge in [-0.15, -0.1) is 0 Å². The molecule has 1 rings (SSSR count). The van der Waals surface area contributed by atoms with Crippen LogP contribution in [0.5, 0.6) is 0 Å². The fourth-order valence-corrected chi connectivity index (χ4v) is 1.24. The number of nitrogens with zero attached hydrogens (tertiary/aromatic N) is 1. The van der Waals surface area contributed by atoms with Crippen LogP contribution in [0.2, 0.25) is 0 Å². The van der Waals surface area contributed by atoms with Gasteiger partial charge in [0.2, 0.25) is 0 Å². The van der Waals surface area contributed by atoms with Crippen molar-refractivity contribution in [1.29, 1.82) is 0 Å². The Morgan fingerprint density at radius 1 is 1.50 bits per heavy atom. The minimum atomic E-state index is -0.340. The van der Waals surface area contributed by atoms with Gasteiger partial charge >= 0.3 is 0 Å². The van der Waals surface area contributed by atoms with Crippen molar-refractivity contribution in [2.75, 3.05) is 6.61 Å². The Bertz CT molecular complexity index is 293. The summed E-state index contributed by atoms with van der Waals surface area (Å²) >= 11 is 0. The number of aliphatic hydroxyl groups excluding tert-OH is 1. The summed E-state index contributed by atoms with van der Waals surface area (Å²) in [7, 11) is 0. The Kier molecular flexibility index (Phi) is 3.98. The van der Waals surface area contributed by atoms with E-state index in [9.17, 15) is 4.39 Å². The number of aromatic nitrogens is 1. The number of aliphatic hydroxyl groups is 1. The average molecular weight is 198 g/mol. The summed E-state index contributed by atoms with van der Waals surface area (Å²) in [6, 6.07) is 1.42. The third-order valence-corrected chi connectivity index (χ3v) is 2.03. The highest BCUT2D eigenvalue weighted by Gasteiger charge is 2.09. The van der Waals surface area contributed by atoms with E-state index in [0.717, 1.165) is 5.56 Å². The minimum absolute atomic E-state index is 0.00623. The Balaban J connectivity index is 2.64. The van der Waals surface area contributed by atoms with Gasteiger partial charge in [-0.25, -0.2) is 4.39 Å². The molecule has 2 unspecified atom stereocenters. The molecule has 0 bridgehead atoms. The summed E-state index contributed by atoms with van der Waals surface area (Å²) in [5.41, 5.74) is 0.783. The fraction of sp³-hybridized carbons (Fsp3) is 0.500. The largest absolute Gasteiger partial charge is 0.395 e. The first-order chi connectivity index (χ1) is 6.63. The molecule has 1 heterocycles. The topological polar surface area (TPSA) is 45.1 Å². The summed E-state index contributed by atoms with van der Waals surface area (Å²) in [5.74, 6) is -0.340. The monoisotopic (exact) mass is 198 g/mol. The van der Waals surface area contributed by atoms with Gasteiger partial charge in [-0.05, 0) is 25.5 Å². The summed E-state index contributed by atoms with van der Waals surface area (Å²) in [5, 5.41) is 11.9. The average Bonchev–Trinajstić information content (AvgIpc) is 2.17. The van der Waals surface area contributed by atoms with E-state index in [4.69, 9.17) is 5.11 Å². The van der Waals surface area contributed by atoms with E-state index in [1.807, 2.05) is 13.8 Å². The molecule has 1 aromatic heterocycles. The Morgan fingerprint density at radius 3 is 2.79 bits per heavy atom. The molecule has 2 atom stereocenters. The van der Waals surface area contributed by atoms with Crippen LogP contribution in [0, 0.1) is 5.82 Å². The summed E-state index contributed by atoms with van der Waals surface area (Å²) < 4.78 is 12.8. The zero-order chi connectivity index (χ0) is 10.6. The van der Waals surface area contributed by atoms with Gasteiger partial charge in [0.25, 0.3) is 0 Å². The maximum absolute atomic E-state index is 12.8. The molecule has 0 saturated heterocycles. The molecule has 14 heavy (non-hydrogen) atoms. The van der Waals surface area contributed by atoms with Crippen LogP contribution in [0.4, 0.5) is 4.39 Å². The predicted molar refractivity (Wildman–Crippen MR) is 52.3 cm³/mol. The Morgan fingerprint density at radius 2 is 2.21 bits per heavy atom. The SMILES string of the molecule is CC(CO)NC(C)c1cncc(F)c1. The first-order valence-electron chi connectivity index (χ1n) is 4.61. The molecule has 0 aromatic carbocycles. The van der Waals surface area contributed by atoms with Gasteiger partial charge in [-0.2, -0.15) is 0 Å². The van der Waals surface area contributed by atoms with Crippen LogP contribution < -0.4 is 5.32 Å². The van der Waals surface area contributed by atoms with Crippen molar-refractivity contribution >= 4 is 0 Å². The van der Waals surface area contributed by atoms with Crippen LogP contribution in [-0.2, 0) is 0 Å². The molecule has 0 amide bonds. The normalized spacial score (nSPS) is 15.1. The van der Waals surface area contributed by atoms with Crippen LogP contribution in [0.1, 0.15) is 25.5 Å². The van der Waals surface area contributed by atoms with Crippen molar-refractivity contribution < 1.29 is 9.50 Å². The maximum Gasteiger partial charge on any atom is 0.141 e. The molecule has 2 N–H and O–H groups in total. The summed E-state index contributed by atoms with van der Waals surface area (Å²) in [6.45, 7) is 3.83. The van der Waals surface area contributed by atoms with Crippen LogP contribution in [0.25, 0.3) is 0 Å². The van der Waals surface area contributed by atoms with Crippen LogP contribution in [0.3, 0.4) is 0 Å². The van der Waals surface area contributed by atoms with Crippen molar-refractivity contribution in [1.82, 2.24) is 10.3 Å². The fourth-order valence-electron chi connectivity index (χ4n) is 1.24. The van der Waals surface area contributed by atoms with Gasteiger partial charge in [-0.1, -0.05) is 0 Å². The number of halogens is 1. The van der Waals surface area contributed by atoms with Gasteiger partial charge in [0.05, 0.1) is 12.8 Å². The van der Waals surface area contributed by atoms with E-state index >= 15 is 0 Å². The number of hydrogen-bond donors (Lipinski definition) is 2. The van der Waals surface area contributed by atoms with E-state index in [1.54, 1.807) is 6.20 Å². The first kappa shape index (κ1) is 11.1. The highest BCUT2D eigenvalue weighted by molar-refractivity contribution is 5.14. The second-order valence-corrected chi connectivity index (χ2v) is 3.41. The molecule has 3 nitrogen and oxygen atoms in total. The number of nitrogens with one attached hydrogen (secondary N) is 1. The third kappa shape index (κ3) is 3.05. The van der Waals surface area contributed by atoms with E-state index in [0.29, 0.717) is 0 Å². The molecule has 4 heteroatoms. The van der Waals surface area contributed by atoms with Crippen molar-refractivity contribution in [3.8, 4) is 0 Å². The summed E-state index contributed by atoms with van der Waals surface area (Å²) in [4.78, 5) is 3.76. The molecular weight excluding hydrogens is 183 g/mol. The third-order valence-electron chi connectivity index (χ3n) is 2.03. The van der Waals surface area contributed by atoms with Crippen molar-refractivity contribution in [3.63, 3.8) is 0 Å². The molecule has 0 aliphatic carbocycles. The standard InChI is InChI=1S/C10H15FN2O/c1-7(6-14)13-8(2)9-3-10(11)5-12-4-9/h3-5,7-8,13-14H,6H2,1-2H3. The van der Waals surface area contributed by atoms with Crippen molar-refractivity contribution in [3.05, 3.63) is 29.8 Å². The highest BCUT2D eigenvalue weighted by Crippen LogP contribution is 2.12. The van der Waals surface area contributed by atoms with E-state index in [-0.39, 0.29) is 24.5 Å². The van der Waals surface area contributed by atoms with Crippen LogP contribution in [-0.4, -0.2) is 22.7 Å². The lowest BCUT2D eigenvalue weighted by Gasteiger charge is -2.18. The smallest absolute Gasteiger partial charge is 0.141 e. The molecule has 0 saturated carbocycles. The van der Waals surface area contributed by atoms with Gasteiger partial charge in [0.1, 0.15) is 5.82 Å². The van der Waals surface area contributed by atoms with Crippen molar-refractivity contribution in [2.24, 2.45) is 0 Å². The molecular formula is C10H15FN2O.